The molecule has 0 saturated heterocycles. The van der Waals surface area contributed by atoms with Crippen LogP contribution in [0.5, 0.6) is 5.75 Å². The van der Waals surface area contributed by atoms with Gasteiger partial charge in [0.25, 0.3) is 0 Å². The largest absolute Gasteiger partial charge is 0.481 e. The van der Waals surface area contributed by atoms with E-state index in [1.165, 1.54) is 18.2 Å². The smallest absolute Gasteiger partial charge is 0.387 e. The van der Waals surface area contributed by atoms with Crippen molar-refractivity contribution < 1.29 is 31.8 Å². The van der Waals surface area contributed by atoms with Crippen molar-refractivity contribution in [3.8, 4) is 16.9 Å². The number of hydrogen-bond donors (Lipinski definition) is 2. The van der Waals surface area contributed by atoms with E-state index in [2.05, 4.69) is 14.7 Å². The molecule has 1 atom stereocenters. The van der Waals surface area contributed by atoms with Crippen LogP contribution in [0.3, 0.4) is 0 Å². The maximum absolute atomic E-state index is 12.9. The van der Waals surface area contributed by atoms with Crippen LogP contribution in [0.4, 0.5) is 8.78 Å². The second kappa shape index (κ2) is 10.3. The molecule has 0 aliphatic heterocycles. The molecule has 1 aliphatic carbocycles. The van der Waals surface area contributed by atoms with E-state index in [0.29, 0.717) is 33.5 Å². The monoisotopic (exact) mass is 560 g/mol. The number of para-hydroxylation sites is 1. The van der Waals surface area contributed by atoms with Gasteiger partial charge in [0, 0.05) is 11.1 Å². The SMILES string of the molecule is O=C(O)CC(c1ccc(S(=O)(=O)CC2CC2)cc1)c1nc2cc(-c3ccccc3OC(F)F)c(Cl)cc2[nH]1. The Morgan fingerprint density at radius 3 is 2.47 bits per heavy atom. The number of nitrogens with zero attached hydrogens (tertiary/aromatic N) is 1. The van der Waals surface area contributed by atoms with Crippen LogP contribution in [-0.4, -0.2) is 41.8 Å². The molecule has 1 fully saturated rings. The lowest BCUT2D eigenvalue weighted by Crippen LogP contribution is -2.11. The van der Waals surface area contributed by atoms with Crippen LogP contribution < -0.4 is 4.74 Å². The third-order valence-corrected chi connectivity index (χ3v) is 8.70. The average Bonchev–Trinajstić information content (AvgIpc) is 3.57. The molecule has 1 aliphatic rings. The topological polar surface area (TPSA) is 109 Å². The van der Waals surface area contributed by atoms with Gasteiger partial charge in [-0.15, -0.1) is 0 Å². The highest BCUT2D eigenvalue weighted by atomic mass is 35.5. The zero-order valence-corrected chi connectivity index (χ0v) is 21.5. The number of aliphatic carboxylic acids is 1. The number of halogens is 3. The highest BCUT2D eigenvalue weighted by Gasteiger charge is 2.29. The molecule has 1 heterocycles. The zero-order chi connectivity index (χ0) is 27.0. The number of H-pyrrole nitrogens is 1. The summed E-state index contributed by atoms with van der Waals surface area (Å²) in [5.41, 5.74) is 2.34. The van der Waals surface area contributed by atoms with Crippen molar-refractivity contribution >= 4 is 38.4 Å². The Balaban J connectivity index is 1.51. The number of carboxylic acids is 1. The van der Waals surface area contributed by atoms with E-state index in [-0.39, 0.29) is 33.8 Å². The number of benzene rings is 3. The van der Waals surface area contributed by atoms with E-state index in [4.69, 9.17) is 11.6 Å². The Morgan fingerprint density at radius 2 is 1.82 bits per heavy atom. The number of rotatable bonds is 10. The van der Waals surface area contributed by atoms with Gasteiger partial charge >= 0.3 is 12.6 Å². The first kappa shape index (κ1) is 26.1. The van der Waals surface area contributed by atoms with Crippen LogP contribution in [-0.2, 0) is 14.6 Å². The number of ether oxygens (including phenoxy) is 1. The predicted octanol–water partition coefficient (Wildman–Crippen LogP) is 6.28. The van der Waals surface area contributed by atoms with Crippen LogP contribution in [0.2, 0.25) is 5.02 Å². The van der Waals surface area contributed by atoms with Gasteiger partial charge in [-0.2, -0.15) is 8.78 Å². The predicted molar refractivity (Wildman–Crippen MR) is 138 cm³/mol. The third kappa shape index (κ3) is 5.66. The Bertz CT molecular complexity index is 1600. The van der Waals surface area contributed by atoms with Crippen molar-refractivity contribution in [3.63, 3.8) is 0 Å². The lowest BCUT2D eigenvalue weighted by molar-refractivity contribution is -0.137. The minimum Gasteiger partial charge on any atom is -0.481 e. The number of alkyl halides is 2. The van der Waals surface area contributed by atoms with Gasteiger partial charge in [-0.3, -0.25) is 4.79 Å². The lowest BCUT2D eigenvalue weighted by Gasteiger charge is -2.14. The molecule has 11 heteroatoms. The molecule has 1 unspecified atom stereocenters. The first-order valence-electron chi connectivity index (χ1n) is 11.9. The number of sulfone groups is 1. The zero-order valence-electron chi connectivity index (χ0n) is 19.9. The Kier molecular flexibility index (Phi) is 7.11. The number of hydrogen-bond acceptors (Lipinski definition) is 5. The summed E-state index contributed by atoms with van der Waals surface area (Å²) in [6.45, 7) is -3.01. The van der Waals surface area contributed by atoms with Gasteiger partial charge in [0.2, 0.25) is 0 Å². The average molecular weight is 561 g/mol. The first-order chi connectivity index (χ1) is 18.1. The van der Waals surface area contributed by atoms with Gasteiger partial charge in [-0.05, 0) is 54.7 Å². The molecule has 1 saturated carbocycles. The van der Waals surface area contributed by atoms with E-state index in [1.54, 1.807) is 42.5 Å². The van der Waals surface area contributed by atoms with Crippen molar-refractivity contribution in [2.45, 2.75) is 36.7 Å². The molecular weight excluding hydrogens is 538 g/mol. The molecule has 0 radical (unpaired) electrons. The van der Waals surface area contributed by atoms with E-state index >= 15 is 0 Å². The molecule has 1 aromatic heterocycles. The van der Waals surface area contributed by atoms with Gasteiger partial charge in [0.1, 0.15) is 11.6 Å². The van der Waals surface area contributed by atoms with Crippen molar-refractivity contribution in [2.75, 3.05) is 5.75 Å². The molecule has 0 spiro atoms. The molecule has 38 heavy (non-hydrogen) atoms. The van der Waals surface area contributed by atoms with Crippen molar-refractivity contribution in [2.24, 2.45) is 5.92 Å². The summed E-state index contributed by atoms with van der Waals surface area (Å²) in [4.78, 5) is 19.6. The van der Waals surface area contributed by atoms with Crippen molar-refractivity contribution in [1.82, 2.24) is 9.97 Å². The third-order valence-electron chi connectivity index (χ3n) is 6.48. The van der Waals surface area contributed by atoms with Gasteiger partial charge in [-0.25, -0.2) is 13.4 Å². The maximum Gasteiger partial charge on any atom is 0.387 e. The molecular formula is C27H23ClF2N2O5S. The van der Waals surface area contributed by atoms with Crippen LogP contribution >= 0.6 is 11.6 Å². The van der Waals surface area contributed by atoms with Gasteiger partial charge in [0.05, 0.1) is 39.0 Å². The second-order valence-electron chi connectivity index (χ2n) is 9.29. The maximum atomic E-state index is 12.9. The summed E-state index contributed by atoms with van der Waals surface area (Å²) in [5.74, 6) is -1.13. The fourth-order valence-corrected chi connectivity index (χ4v) is 6.42. The molecule has 5 rings (SSSR count). The Hall–Kier alpha value is -3.50. The number of fused-ring (bicyclic) bond motifs is 1. The lowest BCUT2D eigenvalue weighted by atomic mass is 9.95. The number of nitrogens with one attached hydrogen (secondary N) is 1. The summed E-state index contributed by atoms with van der Waals surface area (Å²) in [6.07, 6.45) is 1.54. The highest BCUT2D eigenvalue weighted by Crippen LogP contribution is 2.39. The molecule has 0 bridgehead atoms. The van der Waals surface area contributed by atoms with Gasteiger partial charge in [0.15, 0.2) is 9.84 Å². The number of carbonyl (C=O) groups is 1. The fraction of sp³-hybridized carbons (Fsp3) is 0.259. The number of carboxylic acid groups (broad SMARTS) is 1. The van der Waals surface area contributed by atoms with Crippen LogP contribution in [0.1, 0.15) is 36.6 Å². The molecule has 2 N–H and O–H groups in total. The molecule has 3 aromatic carbocycles. The van der Waals surface area contributed by atoms with Crippen molar-refractivity contribution in [3.05, 3.63) is 77.1 Å². The van der Waals surface area contributed by atoms with Crippen molar-refractivity contribution in [1.29, 1.82) is 0 Å². The van der Waals surface area contributed by atoms with Gasteiger partial charge < -0.3 is 14.8 Å². The summed E-state index contributed by atoms with van der Waals surface area (Å²) < 4.78 is 55.7. The fourth-order valence-electron chi connectivity index (χ4n) is 4.46. The minimum absolute atomic E-state index is 0.0417. The number of aromatic nitrogens is 2. The van der Waals surface area contributed by atoms with Crippen LogP contribution in [0.25, 0.3) is 22.2 Å². The van der Waals surface area contributed by atoms with Gasteiger partial charge in [-0.1, -0.05) is 41.9 Å². The highest BCUT2D eigenvalue weighted by molar-refractivity contribution is 7.91. The number of aromatic amines is 1. The summed E-state index contributed by atoms with van der Waals surface area (Å²) in [6, 6.07) is 15.7. The molecule has 198 valence electrons. The normalized spacial score (nSPS) is 14.6. The summed E-state index contributed by atoms with van der Waals surface area (Å²) in [5, 5.41) is 9.84. The van der Waals surface area contributed by atoms with E-state index in [1.807, 2.05) is 0 Å². The summed E-state index contributed by atoms with van der Waals surface area (Å²) in [7, 11) is -3.41. The van der Waals surface area contributed by atoms with Crippen LogP contribution in [0.15, 0.2) is 65.6 Å². The van der Waals surface area contributed by atoms with E-state index in [9.17, 15) is 27.1 Å². The molecule has 0 amide bonds. The standard InChI is InChI=1S/C27H23ClF2N2O5S/c28-21-13-23-22(11-20(21)18-3-1-2-4-24(18)37-27(29)30)31-26(32-23)19(12-25(33)34)16-7-9-17(10-8-16)38(35,36)14-15-5-6-15/h1-4,7-11,13,15,19,27H,5-6,12,14H2,(H,31,32)(H,33,34). The van der Waals surface area contributed by atoms with Crippen LogP contribution in [0, 0.1) is 5.92 Å². The Morgan fingerprint density at radius 1 is 1.11 bits per heavy atom. The minimum atomic E-state index is -3.41. The first-order valence-corrected chi connectivity index (χ1v) is 13.9. The van der Waals surface area contributed by atoms with E-state index < -0.39 is 28.3 Å². The number of imidazole rings is 1. The second-order valence-corrected chi connectivity index (χ2v) is 11.7. The molecule has 4 aromatic rings. The quantitative estimate of drug-likeness (QED) is 0.236. The van der Waals surface area contributed by atoms with E-state index in [0.717, 1.165) is 12.8 Å². The summed E-state index contributed by atoms with van der Waals surface area (Å²) >= 11 is 6.50. The molecule has 7 nitrogen and oxygen atoms in total. The Labute approximate surface area is 222 Å².